The van der Waals surface area contributed by atoms with Gasteiger partial charge in [0, 0.05) is 19.5 Å². The lowest BCUT2D eigenvalue weighted by Gasteiger charge is -2.23. The molecule has 1 atom stereocenters. The molecule has 0 aliphatic carbocycles. The highest BCUT2D eigenvalue weighted by Gasteiger charge is 2.44. The van der Waals surface area contributed by atoms with Crippen molar-refractivity contribution < 1.29 is 27.5 Å². The second-order valence-corrected chi connectivity index (χ2v) is 5.94. The van der Waals surface area contributed by atoms with Crippen molar-refractivity contribution in [2.24, 2.45) is 11.3 Å². The summed E-state index contributed by atoms with van der Waals surface area (Å²) in [7, 11) is 1.31. The van der Waals surface area contributed by atoms with Crippen molar-refractivity contribution in [2.75, 3.05) is 20.2 Å². The molecule has 20 heavy (non-hydrogen) atoms. The molecule has 0 aromatic rings. The fourth-order valence-corrected chi connectivity index (χ4v) is 1.82. The average Bonchev–Trinajstić information content (AvgIpc) is 2.76. The Bertz CT molecular complexity index is 324. The van der Waals surface area contributed by atoms with Gasteiger partial charge in [0.25, 0.3) is 6.47 Å². The molecular weight excluding hydrogens is 275 g/mol. The van der Waals surface area contributed by atoms with E-state index in [1.165, 1.54) is 12.0 Å². The fraction of sp³-hybridized carbons (Fsp3) is 0.846. The van der Waals surface area contributed by atoms with E-state index in [0.29, 0.717) is 12.9 Å². The second-order valence-electron chi connectivity index (χ2n) is 5.94. The van der Waals surface area contributed by atoms with Gasteiger partial charge in [0.1, 0.15) is 0 Å². The Morgan fingerprint density at radius 1 is 1.35 bits per heavy atom. The first-order valence-electron chi connectivity index (χ1n) is 6.32. The number of halogens is 3. The molecule has 4 nitrogen and oxygen atoms in total. The van der Waals surface area contributed by atoms with E-state index in [-0.39, 0.29) is 30.8 Å². The number of carbonyl (C=O) groups excluding carboxylic acids is 2. The molecule has 1 aliphatic rings. The Kier molecular flexibility index (Phi) is 7.02. The van der Waals surface area contributed by atoms with Gasteiger partial charge in [0.15, 0.2) is 0 Å². The van der Waals surface area contributed by atoms with Gasteiger partial charge in [-0.25, -0.2) is 0 Å². The molecule has 1 unspecified atom stereocenters. The van der Waals surface area contributed by atoms with E-state index in [1.807, 2.05) is 20.8 Å². The standard InChI is InChI=1S/C11H18F3NO.C2H4O2/c1-10(2,3)6-9(16)15-5-4-8(7-15)11(12,13)14;1-4-2-3/h8H,4-7H2,1-3H3;2H,1H3. The maximum atomic E-state index is 12.4. The molecule has 1 saturated heterocycles. The highest BCUT2D eigenvalue weighted by atomic mass is 19.4. The van der Waals surface area contributed by atoms with Crippen LogP contribution in [0.3, 0.4) is 0 Å². The third-order valence-corrected chi connectivity index (χ3v) is 2.78. The van der Waals surface area contributed by atoms with Crippen LogP contribution in [0.2, 0.25) is 0 Å². The third-order valence-electron chi connectivity index (χ3n) is 2.78. The molecule has 0 aromatic heterocycles. The number of nitrogens with zero attached hydrogens (tertiary/aromatic N) is 1. The van der Waals surface area contributed by atoms with Gasteiger partial charge < -0.3 is 9.64 Å². The Hall–Kier alpha value is -1.27. The van der Waals surface area contributed by atoms with E-state index in [0.717, 1.165) is 0 Å². The van der Waals surface area contributed by atoms with Gasteiger partial charge >= 0.3 is 6.18 Å². The second kappa shape index (κ2) is 7.50. The normalized spacial score (nSPS) is 19.1. The van der Waals surface area contributed by atoms with Crippen LogP contribution in [0.5, 0.6) is 0 Å². The quantitative estimate of drug-likeness (QED) is 0.736. The first-order chi connectivity index (χ1) is 9.01. The minimum atomic E-state index is -4.17. The molecule has 0 aromatic carbocycles. The molecule has 1 aliphatic heterocycles. The molecule has 0 spiro atoms. The molecule has 1 fully saturated rings. The SMILES string of the molecule is CC(C)(C)CC(=O)N1CCC(C(F)(F)F)C1.COC=O. The smallest absolute Gasteiger partial charge is 0.393 e. The summed E-state index contributed by atoms with van der Waals surface area (Å²) < 4.78 is 41.1. The molecule has 1 amide bonds. The number of likely N-dealkylation sites (tertiary alicyclic amines) is 1. The van der Waals surface area contributed by atoms with Crippen molar-refractivity contribution in [3.63, 3.8) is 0 Å². The van der Waals surface area contributed by atoms with Crippen LogP contribution in [-0.4, -0.2) is 43.7 Å². The van der Waals surface area contributed by atoms with E-state index < -0.39 is 12.1 Å². The maximum Gasteiger partial charge on any atom is 0.393 e. The lowest BCUT2D eigenvalue weighted by atomic mass is 9.92. The summed E-state index contributed by atoms with van der Waals surface area (Å²) in [6.45, 7) is 6.16. The number of carbonyl (C=O) groups is 2. The largest absolute Gasteiger partial charge is 0.471 e. The van der Waals surface area contributed by atoms with Crippen molar-refractivity contribution in [1.29, 1.82) is 0 Å². The minimum Gasteiger partial charge on any atom is -0.471 e. The third kappa shape index (κ3) is 7.35. The highest BCUT2D eigenvalue weighted by molar-refractivity contribution is 5.77. The van der Waals surface area contributed by atoms with Crippen LogP contribution in [0.15, 0.2) is 0 Å². The molecule has 7 heteroatoms. The summed E-state index contributed by atoms with van der Waals surface area (Å²) in [6, 6.07) is 0. The number of hydrogen-bond donors (Lipinski definition) is 0. The number of amides is 1. The van der Waals surface area contributed by atoms with Gasteiger partial charge in [-0.1, -0.05) is 20.8 Å². The maximum absolute atomic E-state index is 12.4. The molecule has 0 N–H and O–H groups in total. The Balaban J connectivity index is 0.000000796. The van der Waals surface area contributed by atoms with Crippen LogP contribution in [0, 0.1) is 11.3 Å². The molecule has 1 heterocycles. The van der Waals surface area contributed by atoms with Gasteiger partial charge in [-0.15, -0.1) is 0 Å². The Morgan fingerprint density at radius 3 is 2.15 bits per heavy atom. The van der Waals surface area contributed by atoms with Crippen LogP contribution in [0.4, 0.5) is 13.2 Å². The van der Waals surface area contributed by atoms with Crippen LogP contribution in [0.25, 0.3) is 0 Å². The topological polar surface area (TPSA) is 46.6 Å². The van der Waals surface area contributed by atoms with E-state index in [2.05, 4.69) is 4.74 Å². The van der Waals surface area contributed by atoms with Crippen LogP contribution < -0.4 is 0 Å². The molecule has 0 bridgehead atoms. The van der Waals surface area contributed by atoms with Crippen molar-refractivity contribution >= 4 is 12.4 Å². The number of ether oxygens (including phenoxy) is 1. The Morgan fingerprint density at radius 2 is 1.85 bits per heavy atom. The summed E-state index contributed by atoms with van der Waals surface area (Å²) in [4.78, 5) is 22.0. The molecule has 1 rings (SSSR count). The average molecular weight is 297 g/mol. The first kappa shape index (κ1) is 18.7. The van der Waals surface area contributed by atoms with Crippen molar-refractivity contribution in [3.05, 3.63) is 0 Å². The van der Waals surface area contributed by atoms with Gasteiger partial charge in [0.2, 0.25) is 5.91 Å². The Labute approximate surface area is 117 Å². The molecule has 118 valence electrons. The predicted octanol–water partition coefficient (Wildman–Crippen LogP) is 2.62. The van der Waals surface area contributed by atoms with Gasteiger partial charge in [-0.05, 0) is 11.8 Å². The van der Waals surface area contributed by atoms with Crippen molar-refractivity contribution in [3.8, 4) is 0 Å². The van der Waals surface area contributed by atoms with E-state index in [4.69, 9.17) is 4.79 Å². The van der Waals surface area contributed by atoms with Crippen molar-refractivity contribution in [1.82, 2.24) is 4.90 Å². The van der Waals surface area contributed by atoms with Gasteiger partial charge in [-0.2, -0.15) is 13.2 Å². The summed E-state index contributed by atoms with van der Waals surface area (Å²) in [6.07, 6.45) is -3.83. The number of rotatable bonds is 2. The number of methoxy groups -OCH3 is 1. The summed E-state index contributed by atoms with van der Waals surface area (Å²) in [5.74, 6) is -1.50. The monoisotopic (exact) mass is 297 g/mol. The van der Waals surface area contributed by atoms with Crippen LogP contribution in [0.1, 0.15) is 33.6 Å². The zero-order valence-electron chi connectivity index (χ0n) is 12.3. The van der Waals surface area contributed by atoms with Crippen molar-refractivity contribution in [2.45, 2.75) is 39.8 Å². The number of alkyl halides is 3. The first-order valence-corrected chi connectivity index (χ1v) is 6.32. The fourth-order valence-electron chi connectivity index (χ4n) is 1.82. The predicted molar refractivity (Wildman–Crippen MR) is 67.9 cm³/mol. The lowest BCUT2D eigenvalue weighted by Crippen LogP contribution is -2.33. The van der Waals surface area contributed by atoms with Crippen LogP contribution in [-0.2, 0) is 14.3 Å². The molecule has 0 radical (unpaired) electrons. The highest BCUT2D eigenvalue weighted by Crippen LogP contribution is 2.34. The van der Waals surface area contributed by atoms with E-state index in [1.54, 1.807) is 0 Å². The zero-order valence-corrected chi connectivity index (χ0v) is 12.3. The molecule has 0 saturated carbocycles. The van der Waals surface area contributed by atoms with E-state index >= 15 is 0 Å². The number of hydrogen-bond acceptors (Lipinski definition) is 3. The van der Waals surface area contributed by atoms with Gasteiger partial charge in [-0.3, -0.25) is 9.59 Å². The lowest BCUT2D eigenvalue weighted by molar-refractivity contribution is -0.171. The summed E-state index contributed by atoms with van der Waals surface area (Å²) in [5.41, 5.74) is -0.173. The minimum absolute atomic E-state index is 0.0411. The van der Waals surface area contributed by atoms with Crippen LogP contribution >= 0.6 is 0 Å². The zero-order chi connectivity index (χ0) is 16.0. The summed E-state index contributed by atoms with van der Waals surface area (Å²) in [5, 5.41) is 0. The van der Waals surface area contributed by atoms with E-state index in [9.17, 15) is 18.0 Å². The van der Waals surface area contributed by atoms with Gasteiger partial charge in [0.05, 0.1) is 13.0 Å². The molecular formula is C13H22F3NO3. The summed E-state index contributed by atoms with van der Waals surface area (Å²) >= 11 is 0.